The predicted molar refractivity (Wildman–Crippen MR) is 70.8 cm³/mol. The second-order valence-electron chi connectivity index (χ2n) is 3.93. The number of benzene rings is 1. The highest BCUT2D eigenvalue weighted by atomic mass is 79.9. The molecule has 1 aromatic heterocycles. The van der Waals surface area contributed by atoms with Crippen LogP contribution in [0.5, 0.6) is 0 Å². The zero-order valence-corrected chi connectivity index (χ0v) is 11.1. The molecule has 17 heavy (non-hydrogen) atoms. The van der Waals surface area contributed by atoms with E-state index in [1.54, 1.807) is 6.26 Å². The van der Waals surface area contributed by atoms with Crippen LogP contribution in [0.3, 0.4) is 0 Å². The van der Waals surface area contributed by atoms with Gasteiger partial charge in [0.1, 0.15) is 6.26 Å². The second-order valence-corrected chi connectivity index (χ2v) is 4.85. The van der Waals surface area contributed by atoms with Crippen LogP contribution in [-0.2, 0) is 12.8 Å². The first-order chi connectivity index (χ1) is 8.28. The molecule has 0 aliphatic rings. The van der Waals surface area contributed by atoms with E-state index in [0.717, 1.165) is 35.3 Å². The van der Waals surface area contributed by atoms with Gasteiger partial charge in [0.25, 0.3) is 0 Å². The van der Waals surface area contributed by atoms with E-state index in [-0.39, 0.29) is 0 Å². The summed E-state index contributed by atoms with van der Waals surface area (Å²) in [5, 5.41) is 0. The van der Waals surface area contributed by atoms with Crippen molar-refractivity contribution in [2.45, 2.75) is 19.3 Å². The van der Waals surface area contributed by atoms with Gasteiger partial charge < -0.3 is 10.2 Å². The average Bonchev–Trinajstić information content (AvgIpc) is 2.74. The Labute approximate surface area is 109 Å². The molecule has 2 aromatic rings. The van der Waals surface area contributed by atoms with E-state index in [4.69, 9.17) is 10.2 Å². The number of nitrogens with zero attached hydrogens (tertiary/aromatic N) is 1. The van der Waals surface area contributed by atoms with Gasteiger partial charge in [0.15, 0.2) is 5.89 Å². The largest absolute Gasteiger partial charge is 0.448 e. The maximum Gasteiger partial charge on any atom is 0.198 e. The smallest absolute Gasteiger partial charge is 0.198 e. The van der Waals surface area contributed by atoms with Gasteiger partial charge in [-0.15, -0.1) is 0 Å². The van der Waals surface area contributed by atoms with Crippen LogP contribution in [-0.4, -0.2) is 11.5 Å². The molecule has 0 atom stereocenters. The summed E-state index contributed by atoms with van der Waals surface area (Å²) in [4.78, 5) is 4.44. The van der Waals surface area contributed by atoms with Crippen LogP contribution >= 0.6 is 15.9 Å². The average molecular weight is 295 g/mol. The number of halogens is 1. The number of aromatic nitrogens is 1. The summed E-state index contributed by atoms with van der Waals surface area (Å²) >= 11 is 3.45. The summed E-state index contributed by atoms with van der Waals surface area (Å²) < 4.78 is 6.51. The molecular formula is C13H15BrN2O. The van der Waals surface area contributed by atoms with E-state index >= 15 is 0 Å². The Morgan fingerprint density at radius 2 is 2.24 bits per heavy atom. The lowest BCUT2D eigenvalue weighted by atomic mass is 10.1. The van der Waals surface area contributed by atoms with Crippen molar-refractivity contribution in [3.05, 3.63) is 52.1 Å². The van der Waals surface area contributed by atoms with Crippen molar-refractivity contribution in [3.8, 4) is 0 Å². The predicted octanol–water partition coefficient (Wildman–Crippen LogP) is 2.92. The molecule has 1 heterocycles. The van der Waals surface area contributed by atoms with Crippen LogP contribution in [0.25, 0.3) is 0 Å². The fourth-order valence-corrected chi connectivity index (χ4v) is 2.10. The van der Waals surface area contributed by atoms with Crippen molar-refractivity contribution in [1.29, 1.82) is 0 Å². The van der Waals surface area contributed by atoms with Gasteiger partial charge in [0.2, 0.25) is 0 Å². The van der Waals surface area contributed by atoms with Gasteiger partial charge in [-0.2, -0.15) is 0 Å². The summed E-state index contributed by atoms with van der Waals surface area (Å²) in [7, 11) is 0. The third kappa shape index (κ3) is 3.68. The molecule has 0 saturated heterocycles. The third-order valence-corrected chi connectivity index (χ3v) is 2.97. The molecule has 0 unspecified atom stereocenters. The molecule has 2 rings (SSSR count). The summed E-state index contributed by atoms with van der Waals surface area (Å²) in [6.07, 6.45) is 4.28. The topological polar surface area (TPSA) is 52.0 Å². The Morgan fingerprint density at radius 3 is 3.00 bits per heavy atom. The molecule has 4 heteroatoms. The maximum absolute atomic E-state index is 5.46. The molecule has 0 aliphatic heterocycles. The number of hydrogen-bond donors (Lipinski definition) is 1. The molecule has 1 aromatic carbocycles. The Kier molecular flexibility index (Phi) is 4.34. The molecule has 2 N–H and O–H groups in total. The Hall–Kier alpha value is -1.13. The van der Waals surface area contributed by atoms with Gasteiger partial charge in [0.05, 0.1) is 5.69 Å². The molecule has 0 bridgehead atoms. The van der Waals surface area contributed by atoms with E-state index in [1.165, 1.54) is 5.56 Å². The van der Waals surface area contributed by atoms with Gasteiger partial charge in [-0.05, 0) is 37.1 Å². The minimum Gasteiger partial charge on any atom is -0.448 e. The standard InChI is InChI=1S/C13H15BrN2O/c14-11-4-1-3-10(7-11)8-13-16-12(9-17-13)5-2-6-15/h1,3-4,7,9H,2,5-6,8,15H2. The number of aryl methyl sites for hydroxylation is 1. The van der Waals surface area contributed by atoms with E-state index < -0.39 is 0 Å². The van der Waals surface area contributed by atoms with Gasteiger partial charge in [0, 0.05) is 10.9 Å². The zero-order chi connectivity index (χ0) is 12.1. The summed E-state index contributed by atoms with van der Waals surface area (Å²) in [5.74, 6) is 0.759. The monoisotopic (exact) mass is 294 g/mol. The molecule has 0 saturated carbocycles. The van der Waals surface area contributed by atoms with Crippen LogP contribution in [0.2, 0.25) is 0 Å². The highest BCUT2D eigenvalue weighted by molar-refractivity contribution is 9.10. The van der Waals surface area contributed by atoms with E-state index in [0.29, 0.717) is 6.54 Å². The third-order valence-electron chi connectivity index (χ3n) is 2.48. The lowest BCUT2D eigenvalue weighted by Crippen LogP contribution is -2.00. The first-order valence-corrected chi connectivity index (χ1v) is 6.45. The van der Waals surface area contributed by atoms with Crippen LogP contribution < -0.4 is 5.73 Å². The van der Waals surface area contributed by atoms with Crippen molar-refractivity contribution >= 4 is 15.9 Å². The van der Waals surface area contributed by atoms with E-state index in [2.05, 4.69) is 33.0 Å². The minimum atomic E-state index is 0.688. The molecule has 0 aliphatic carbocycles. The Balaban J connectivity index is 2.01. The van der Waals surface area contributed by atoms with Crippen molar-refractivity contribution < 1.29 is 4.42 Å². The van der Waals surface area contributed by atoms with Crippen LogP contribution in [0.1, 0.15) is 23.6 Å². The summed E-state index contributed by atoms with van der Waals surface area (Å²) in [6.45, 7) is 0.688. The molecule has 0 amide bonds. The van der Waals surface area contributed by atoms with Crippen molar-refractivity contribution in [2.75, 3.05) is 6.54 Å². The second kappa shape index (κ2) is 5.98. The van der Waals surface area contributed by atoms with E-state index in [1.807, 2.05) is 12.1 Å². The first-order valence-electron chi connectivity index (χ1n) is 5.65. The fourth-order valence-electron chi connectivity index (χ4n) is 1.65. The van der Waals surface area contributed by atoms with Crippen LogP contribution in [0, 0.1) is 0 Å². The number of oxazole rings is 1. The van der Waals surface area contributed by atoms with Gasteiger partial charge in [-0.25, -0.2) is 4.98 Å². The lowest BCUT2D eigenvalue weighted by molar-refractivity contribution is 0.506. The molecular weight excluding hydrogens is 280 g/mol. The first kappa shape index (κ1) is 12.3. The SMILES string of the molecule is NCCCc1coc(Cc2cccc(Br)c2)n1. The molecule has 0 radical (unpaired) electrons. The summed E-state index contributed by atoms with van der Waals surface area (Å²) in [6, 6.07) is 8.15. The highest BCUT2D eigenvalue weighted by Gasteiger charge is 2.05. The number of nitrogens with two attached hydrogens (primary N) is 1. The molecule has 0 spiro atoms. The highest BCUT2D eigenvalue weighted by Crippen LogP contribution is 2.15. The van der Waals surface area contributed by atoms with Gasteiger partial charge in [-0.3, -0.25) is 0 Å². The van der Waals surface area contributed by atoms with Crippen molar-refractivity contribution in [2.24, 2.45) is 5.73 Å². The van der Waals surface area contributed by atoms with Gasteiger partial charge in [-0.1, -0.05) is 28.1 Å². The molecule has 0 fully saturated rings. The molecule has 90 valence electrons. The van der Waals surface area contributed by atoms with Crippen molar-refractivity contribution in [1.82, 2.24) is 4.98 Å². The number of hydrogen-bond acceptors (Lipinski definition) is 3. The zero-order valence-electron chi connectivity index (χ0n) is 9.53. The van der Waals surface area contributed by atoms with Gasteiger partial charge >= 0.3 is 0 Å². The minimum absolute atomic E-state index is 0.688. The Bertz CT molecular complexity index is 482. The molecule has 3 nitrogen and oxygen atoms in total. The lowest BCUT2D eigenvalue weighted by Gasteiger charge is -1.97. The summed E-state index contributed by atoms with van der Waals surface area (Å²) in [5.41, 5.74) is 7.63. The Morgan fingerprint density at radius 1 is 1.35 bits per heavy atom. The normalized spacial score (nSPS) is 10.7. The van der Waals surface area contributed by atoms with E-state index in [9.17, 15) is 0 Å². The quantitative estimate of drug-likeness (QED) is 0.922. The van der Waals surface area contributed by atoms with Crippen molar-refractivity contribution in [3.63, 3.8) is 0 Å². The fraction of sp³-hybridized carbons (Fsp3) is 0.308. The maximum atomic E-state index is 5.46. The number of rotatable bonds is 5. The van der Waals surface area contributed by atoms with Crippen LogP contribution in [0.4, 0.5) is 0 Å². The van der Waals surface area contributed by atoms with Crippen LogP contribution in [0.15, 0.2) is 39.4 Å².